The maximum absolute atomic E-state index is 5.87. The van der Waals surface area contributed by atoms with Gasteiger partial charge in [0.2, 0.25) is 0 Å². The predicted molar refractivity (Wildman–Crippen MR) is 83.4 cm³/mol. The Morgan fingerprint density at radius 2 is 1.78 bits per heavy atom. The average Bonchev–Trinajstić information content (AvgIpc) is 2.22. The third-order valence-corrected chi connectivity index (χ3v) is 8.33. The van der Waals surface area contributed by atoms with Crippen molar-refractivity contribution in [3.05, 3.63) is 29.8 Å². The van der Waals surface area contributed by atoms with Gasteiger partial charge in [0.05, 0.1) is 0 Å². The summed E-state index contributed by atoms with van der Waals surface area (Å²) in [7, 11) is 0. The zero-order valence-corrected chi connectivity index (χ0v) is 15.7. The molecular formula is C16H28OSn. The first-order valence-corrected chi connectivity index (χ1v) is 17.5. The molecule has 0 unspecified atom stereocenters. The zero-order chi connectivity index (χ0) is 13.8. The molecule has 2 heteroatoms. The summed E-state index contributed by atoms with van der Waals surface area (Å²) in [6, 6.07) is 8.52. The van der Waals surface area contributed by atoms with Gasteiger partial charge in [-0.05, 0) is 0 Å². The van der Waals surface area contributed by atoms with Crippen LogP contribution in [-0.2, 0) is 5.41 Å². The van der Waals surface area contributed by atoms with Crippen molar-refractivity contribution in [2.45, 2.75) is 51.9 Å². The Balaban J connectivity index is 2.49. The molecule has 1 rings (SSSR count). The second kappa shape index (κ2) is 6.31. The van der Waals surface area contributed by atoms with E-state index in [2.05, 4.69) is 59.9 Å². The van der Waals surface area contributed by atoms with Gasteiger partial charge >= 0.3 is 117 Å². The third kappa shape index (κ3) is 6.12. The van der Waals surface area contributed by atoms with Gasteiger partial charge in [-0.15, -0.1) is 0 Å². The fraction of sp³-hybridized carbons (Fsp3) is 0.625. The van der Waals surface area contributed by atoms with Crippen molar-refractivity contribution in [2.24, 2.45) is 0 Å². The molecule has 18 heavy (non-hydrogen) atoms. The fourth-order valence-corrected chi connectivity index (χ4v) is 5.28. The summed E-state index contributed by atoms with van der Waals surface area (Å²) in [5.41, 5.74) is 1.54. The van der Waals surface area contributed by atoms with E-state index in [1.54, 1.807) is 0 Å². The van der Waals surface area contributed by atoms with Crippen molar-refractivity contribution in [1.29, 1.82) is 0 Å². The van der Waals surface area contributed by atoms with Crippen molar-refractivity contribution < 1.29 is 4.74 Å². The molecule has 0 fully saturated rings. The van der Waals surface area contributed by atoms with Crippen LogP contribution in [0.3, 0.4) is 0 Å². The van der Waals surface area contributed by atoms with Gasteiger partial charge < -0.3 is 0 Å². The van der Waals surface area contributed by atoms with E-state index in [4.69, 9.17) is 4.74 Å². The number of hydrogen-bond acceptors (Lipinski definition) is 1. The van der Waals surface area contributed by atoms with Gasteiger partial charge in [0.25, 0.3) is 0 Å². The molecule has 1 nitrogen and oxygen atoms in total. The van der Waals surface area contributed by atoms with Gasteiger partial charge in [0, 0.05) is 0 Å². The Hall–Kier alpha value is -0.181. The van der Waals surface area contributed by atoms with Crippen molar-refractivity contribution in [1.82, 2.24) is 0 Å². The van der Waals surface area contributed by atoms with E-state index >= 15 is 0 Å². The quantitative estimate of drug-likeness (QED) is 0.528. The molecule has 0 N–H and O–H groups in total. The number of ether oxygens (including phenoxy) is 1. The first-order valence-electron chi connectivity index (χ1n) is 6.92. The van der Waals surface area contributed by atoms with Crippen LogP contribution in [0.4, 0.5) is 0 Å². The summed E-state index contributed by atoms with van der Waals surface area (Å²) in [5, 5.41) is 0. The van der Waals surface area contributed by atoms with Gasteiger partial charge in [-0.3, -0.25) is 0 Å². The minimum atomic E-state index is -1.59. The topological polar surface area (TPSA) is 9.23 Å². The second-order valence-corrected chi connectivity index (χ2v) is 23.3. The summed E-state index contributed by atoms with van der Waals surface area (Å²) in [6.07, 6.45) is 1.21. The molecule has 0 radical (unpaired) electrons. The summed E-state index contributed by atoms with van der Waals surface area (Å²) >= 11 is -1.59. The molecular weight excluding hydrogens is 327 g/mol. The Bertz CT molecular complexity index is 371. The van der Waals surface area contributed by atoms with Crippen LogP contribution in [0.1, 0.15) is 32.8 Å². The van der Waals surface area contributed by atoms with E-state index in [1.807, 2.05) is 0 Å². The van der Waals surface area contributed by atoms with E-state index in [-0.39, 0.29) is 5.41 Å². The van der Waals surface area contributed by atoms with Crippen LogP contribution >= 0.6 is 0 Å². The molecule has 0 bridgehead atoms. The molecule has 0 heterocycles. The van der Waals surface area contributed by atoms with E-state index < -0.39 is 18.4 Å². The van der Waals surface area contributed by atoms with E-state index in [0.717, 1.165) is 12.4 Å². The Labute approximate surface area is 117 Å². The van der Waals surface area contributed by atoms with Gasteiger partial charge in [-0.25, -0.2) is 0 Å². The molecule has 0 amide bonds. The normalized spacial score (nSPS) is 12.6. The van der Waals surface area contributed by atoms with Crippen molar-refractivity contribution in [3.63, 3.8) is 0 Å². The van der Waals surface area contributed by atoms with Crippen LogP contribution in [-0.4, -0.2) is 25.0 Å². The van der Waals surface area contributed by atoms with Gasteiger partial charge in [-0.2, -0.15) is 0 Å². The van der Waals surface area contributed by atoms with Crippen LogP contribution in [0.25, 0.3) is 0 Å². The van der Waals surface area contributed by atoms with Crippen LogP contribution in [0.5, 0.6) is 5.75 Å². The molecule has 0 spiro atoms. The third-order valence-electron chi connectivity index (χ3n) is 3.04. The number of benzene rings is 1. The molecule has 0 atom stereocenters. The molecule has 1 aromatic rings. The van der Waals surface area contributed by atoms with Crippen molar-refractivity contribution in [3.8, 4) is 5.75 Å². The van der Waals surface area contributed by atoms with E-state index in [9.17, 15) is 0 Å². The van der Waals surface area contributed by atoms with Crippen LogP contribution in [0.2, 0.25) is 19.3 Å². The minimum absolute atomic E-state index is 0.196. The molecule has 0 aromatic heterocycles. The molecule has 102 valence electrons. The van der Waals surface area contributed by atoms with Crippen molar-refractivity contribution in [2.75, 3.05) is 6.61 Å². The van der Waals surface area contributed by atoms with E-state index in [1.165, 1.54) is 16.4 Å². The number of rotatable bonds is 5. The standard InChI is InChI=1S/C13H19O.3CH3.Sn/c1-5-9-14-12-8-6-7-11(10-12)13(2,3)4;;;;/h6-8,10H,1,5,9H2,2-4H3;3*1H3;. The predicted octanol–water partition coefficient (Wildman–Crippen LogP) is 5.09. The Kier molecular flexibility index (Phi) is 5.57. The summed E-state index contributed by atoms with van der Waals surface area (Å²) in [5.74, 6) is 1.02. The average molecular weight is 355 g/mol. The summed E-state index contributed by atoms with van der Waals surface area (Å²) in [6.45, 7) is 7.57. The van der Waals surface area contributed by atoms with Crippen LogP contribution < -0.4 is 4.74 Å². The zero-order valence-electron chi connectivity index (χ0n) is 12.8. The molecule has 0 saturated carbocycles. The summed E-state index contributed by atoms with van der Waals surface area (Å²) in [4.78, 5) is 7.44. The molecule has 0 aliphatic carbocycles. The van der Waals surface area contributed by atoms with Gasteiger partial charge in [-0.1, -0.05) is 0 Å². The summed E-state index contributed by atoms with van der Waals surface area (Å²) < 4.78 is 7.28. The number of hydrogen-bond donors (Lipinski definition) is 0. The van der Waals surface area contributed by atoms with E-state index in [0.29, 0.717) is 0 Å². The maximum atomic E-state index is 5.87. The van der Waals surface area contributed by atoms with Gasteiger partial charge in [0.1, 0.15) is 0 Å². The molecule has 1 aromatic carbocycles. The molecule has 0 aliphatic heterocycles. The van der Waals surface area contributed by atoms with Gasteiger partial charge in [0.15, 0.2) is 0 Å². The van der Waals surface area contributed by atoms with Crippen molar-refractivity contribution >= 4 is 18.4 Å². The molecule has 0 saturated heterocycles. The monoisotopic (exact) mass is 356 g/mol. The first-order chi connectivity index (χ1) is 8.18. The molecule has 0 aliphatic rings. The second-order valence-electron chi connectivity index (χ2n) is 7.29. The first kappa shape index (κ1) is 15.9. The van der Waals surface area contributed by atoms with Crippen LogP contribution in [0, 0.1) is 0 Å². The SMILES string of the molecule is CC(C)(C)c1cccc(OCC[CH2][Sn]([CH3])([CH3])[CH3])c1. The fourth-order valence-electron chi connectivity index (χ4n) is 1.84. The Morgan fingerprint density at radius 1 is 1.11 bits per heavy atom. The Morgan fingerprint density at radius 3 is 2.33 bits per heavy atom. The van der Waals surface area contributed by atoms with Crippen LogP contribution in [0.15, 0.2) is 24.3 Å².